The fraction of sp³-hybridized carbons (Fsp3) is 0.333. The van der Waals surface area contributed by atoms with E-state index in [1.165, 1.54) is 10.5 Å². The van der Waals surface area contributed by atoms with Crippen LogP contribution >= 0.6 is 11.9 Å². The van der Waals surface area contributed by atoms with Crippen LogP contribution in [-0.2, 0) is 11.8 Å². The van der Waals surface area contributed by atoms with Crippen LogP contribution in [0.3, 0.4) is 0 Å². The third-order valence-electron chi connectivity index (χ3n) is 3.76. The van der Waals surface area contributed by atoms with E-state index >= 15 is 0 Å². The molecule has 2 aromatic heterocycles. The minimum atomic E-state index is 0.180. The van der Waals surface area contributed by atoms with Crippen molar-refractivity contribution < 1.29 is 0 Å². The lowest BCUT2D eigenvalue weighted by molar-refractivity contribution is 0.590. The van der Waals surface area contributed by atoms with Crippen molar-refractivity contribution in [2.75, 3.05) is 4.72 Å². The molecule has 1 aromatic carbocycles. The quantitative estimate of drug-likeness (QED) is 0.705. The molecule has 0 saturated heterocycles. The lowest BCUT2D eigenvalue weighted by Crippen LogP contribution is -2.10. The molecule has 23 heavy (non-hydrogen) atoms. The zero-order valence-electron chi connectivity index (χ0n) is 14.0. The number of anilines is 1. The van der Waals surface area contributed by atoms with Crippen molar-refractivity contribution in [3.05, 3.63) is 53.9 Å². The number of nitrogens with one attached hydrogen (secondary N) is 1. The number of benzene rings is 1. The van der Waals surface area contributed by atoms with E-state index in [4.69, 9.17) is 0 Å². The molecular formula is C18H22N4S. The first kappa shape index (κ1) is 15.9. The molecule has 0 fully saturated rings. The first-order valence-electron chi connectivity index (χ1n) is 7.84. The van der Waals surface area contributed by atoms with Crippen LogP contribution in [0.1, 0.15) is 39.0 Å². The van der Waals surface area contributed by atoms with Crippen LogP contribution in [0.25, 0.3) is 5.65 Å². The minimum absolute atomic E-state index is 0.180. The molecule has 0 radical (unpaired) electrons. The van der Waals surface area contributed by atoms with Crippen molar-refractivity contribution in [3.8, 4) is 0 Å². The molecule has 0 aliphatic rings. The Bertz CT molecular complexity index is 800. The molecule has 4 nitrogen and oxygen atoms in total. The maximum Gasteiger partial charge on any atom is 0.157 e. The van der Waals surface area contributed by atoms with Gasteiger partial charge in [-0.1, -0.05) is 39.8 Å². The van der Waals surface area contributed by atoms with Gasteiger partial charge in [0.15, 0.2) is 5.65 Å². The fourth-order valence-corrected chi connectivity index (χ4v) is 2.98. The van der Waals surface area contributed by atoms with E-state index < -0.39 is 0 Å². The Morgan fingerprint density at radius 2 is 1.87 bits per heavy atom. The zero-order valence-corrected chi connectivity index (χ0v) is 14.8. The summed E-state index contributed by atoms with van der Waals surface area (Å²) in [5.74, 6) is 0.930. The summed E-state index contributed by atoms with van der Waals surface area (Å²) in [6, 6.07) is 12.6. The van der Waals surface area contributed by atoms with E-state index in [2.05, 4.69) is 66.8 Å². The van der Waals surface area contributed by atoms with Crippen LogP contribution < -0.4 is 4.72 Å². The van der Waals surface area contributed by atoms with Crippen molar-refractivity contribution >= 4 is 23.4 Å². The van der Waals surface area contributed by atoms with E-state index in [1.807, 2.05) is 22.8 Å². The molecule has 0 unspecified atom stereocenters. The molecule has 0 bridgehead atoms. The van der Waals surface area contributed by atoms with Gasteiger partial charge in [0.1, 0.15) is 5.82 Å². The van der Waals surface area contributed by atoms with Gasteiger partial charge in [-0.05, 0) is 47.5 Å². The van der Waals surface area contributed by atoms with Gasteiger partial charge in [-0.15, -0.1) is 0 Å². The van der Waals surface area contributed by atoms with Gasteiger partial charge in [-0.3, -0.25) is 0 Å². The van der Waals surface area contributed by atoms with Crippen molar-refractivity contribution in [1.82, 2.24) is 14.6 Å². The normalized spacial score (nSPS) is 11.8. The second kappa shape index (κ2) is 6.24. The third-order valence-corrected chi connectivity index (χ3v) is 4.58. The lowest BCUT2D eigenvalue weighted by atomic mass is 9.87. The number of fused-ring (bicyclic) bond motifs is 1. The highest BCUT2D eigenvalue weighted by Gasteiger charge is 2.13. The van der Waals surface area contributed by atoms with Crippen LogP contribution in [0, 0.1) is 0 Å². The number of rotatable bonds is 4. The highest BCUT2D eigenvalue weighted by Crippen LogP contribution is 2.26. The Balaban J connectivity index is 1.77. The number of hydrogen-bond donors (Lipinski definition) is 1. The van der Waals surface area contributed by atoms with E-state index in [0.29, 0.717) is 0 Å². The van der Waals surface area contributed by atoms with Crippen LogP contribution in [0.2, 0.25) is 0 Å². The molecule has 1 N–H and O–H groups in total. The minimum Gasteiger partial charge on any atom is -0.310 e. The Kier molecular flexibility index (Phi) is 4.31. The molecule has 0 spiro atoms. The Morgan fingerprint density at radius 1 is 1.13 bits per heavy atom. The second-order valence-electron chi connectivity index (χ2n) is 6.57. The van der Waals surface area contributed by atoms with Crippen molar-refractivity contribution in [1.29, 1.82) is 0 Å². The van der Waals surface area contributed by atoms with Gasteiger partial charge < -0.3 is 4.72 Å². The first-order valence-corrected chi connectivity index (χ1v) is 8.66. The van der Waals surface area contributed by atoms with Gasteiger partial charge in [-0.25, -0.2) is 4.98 Å². The van der Waals surface area contributed by atoms with Gasteiger partial charge in [0.25, 0.3) is 0 Å². The standard InChI is InChI=1S/C18H22N4S/c1-5-14-12-17-19-11-10-16(22(17)20-14)21-23-15-8-6-13(7-9-15)18(2,3)4/h6-12,21H,5H2,1-4H3. The maximum absolute atomic E-state index is 4.57. The van der Waals surface area contributed by atoms with Gasteiger partial charge in [0, 0.05) is 17.2 Å². The largest absolute Gasteiger partial charge is 0.310 e. The summed E-state index contributed by atoms with van der Waals surface area (Å²) >= 11 is 1.59. The topological polar surface area (TPSA) is 42.2 Å². The summed E-state index contributed by atoms with van der Waals surface area (Å²) in [6.45, 7) is 8.78. The SMILES string of the molecule is CCc1cc2nccc(NSc3ccc(C(C)(C)C)cc3)n2n1. The van der Waals surface area contributed by atoms with Gasteiger partial charge in [-0.2, -0.15) is 9.61 Å². The van der Waals surface area contributed by atoms with Gasteiger partial charge >= 0.3 is 0 Å². The summed E-state index contributed by atoms with van der Waals surface area (Å²) in [7, 11) is 0. The molecule has 0 saturated carbocycles. The van der Waals surface area contributed by atoms with Crippen LogP contribution in [0.4, 0.5) is 5.82 Å². The molecule has 3 aromatic rings. The number of aromatic nitrogens is 3. The molecule has 120 valence electrons. The summed E-state index contributed by atoms with van der Waals surface area (Å²) in [4.78, 5) is 5.53. The molecule has 5 heteroatoms. The van der Waals surface area contributed by atoms with E-state index in [9.17, 15) is 0 Å². The number of nitrogens with zero attached hydrogens (tertiary/aromatic N) is 3. The molecule has 3 rings (SSSR count). The lowest BCUT2D eigenvalue weighted by Gasteiger charge is -2.19. The van der Waals surface area contributed by atoms with Crippen molar-refractivity contribution in [2.45, 2.75) is 44.4 Å². The van der Waals surface area contributed by atoms with E-state index in [1.54, 1.807) is 11.9 Å². The fourth-order valence-electron chi connectivity index (χ4n) is 2.33. The van der Waals surface area contributed by atoms with Crippen LogP contribution in [0.15, 0.2) is 47.5 Å². The summed E-state index contributed by atoms with van der Waals surface area (Å²) < 4.78 is 5.23. The second-order valence-corrected chi connectivity index (χ2v) is 7.45. The zero-order chi connectivity index (χ0) is 16.4. The van der Waals surface area contributed by atoms with Gasteiger partial charge in [0.2, 0.25) is 0 Å². The number of aryl methyl sites for hydroxylation is 1. The van der Waals surface area contributed by atoms with Gasteiger partial charge in [0.05, 0.1) is 5.69 Å². The predicted molar refractivity (Wildman–Crippen MR) is 97.0 cm³/mol. The molecule has 2 heterocycles. The molecule has 0 aliphatic carbocycles. The van der Waals surface area contributed by atoms with Crippen LogP contribution in [-0.4, -0.2) is 14.6 Å². The van der Waals surface area contributed by atoms with Crippen LogP contribution in [0.5, 0.6) is 0 Å². The summed E-state index contributed by atoms with van der Waals surface area (Å²) in [6.07, 6.45) is 2.71. The Morgan fingerprint density at radius 3 is 2.52 bits per heavy atom. The average molecular weight is 326 g/mol. The van der Waals surface area contributed by atoms with E-state index in [0.717, 1.165) is 23.6 Å². The summed E-state index contributed by atoms with van der Waals surface area (Å²) in [5.41, 5.74) is 3.44. The smallest absolute Gasteiger partial charge is 0.157 e. The molecular weight excluding hydrogens is 304 g/mol. The van der Waals surface area contributed by atoms with Crippen molar-refractivity contribution in [3.63, 3.8) is 0 Å². The Hall–Kier alpha value is -2.01. The Labute approximate surface area is 141 Å². The first-order chi connectivity index (χ1) is 11.0. The molecule has 0 atom stereocenters. The highest BCUT2D eigenvalue weighted by molar-refractivity contribution is 8.00. The average Bonchev–Trinajstić information content (AvgIpc) is 2.96. The van der Waals surface area contributed by atoms with E-state index in [-0.39, 0.29) is 5.41 Å². The van der Waals surface area contributed by atoms with Crippen molar-refractivity contribution in [2.24, 2.45) is 0 Å². The highest BCUT2D eigenvalue weighted by atomic mass is 32.2. The maximum atomic E-state index is 4.57. The summed E-state index contributed by atoms with van der Waals surface area (Å²) in [5, 5.41) is 4.57. The predicted octanol–water partition coefficient (Wildman–Crippen LogP) is 4.71. The molecule has 0 aliphatic heterocycles. The number of hydrogen-bond acceptors (Lipinski definition) is 4. The third kappa shape index (κ3) is 3.50. The monoisotopic (exact) mass is 326 g/mol. The molecule has 0 amide bonds.